The molecule has 2 amide bonds. The number of hydrogen-bond donors (Lipinski definition) is 1. The molecule has 0 bridgehead atoms. The molecule has 0 aliphatic carbocycles. The molecule has 0 aromatic carbocycles. The fourth-order valence-electron chi connectivity index (χ4n) is 3.57. The van der Waals surface area contributed by atoms with E-state index in [1.807, 2.05) is 0 Å². The van der Waals surface area contributed by atoms with Crippen molar-refractivity contribution in [1.82, 2.24) is 29.0 Å². The van der Waals surface area contributed by atoms with Crippen LogP contribution in [0.4, 0.5) is 16.4 Å². The molecule has 2 aliphatic heterocycles. The van der Waals surface area contributed by atoms with Crippen molar-refractivity contribution in [3.63, 3.8) is 0 Å². The summed E-state index contributed by atoms with van der Waals surface area (Å²) >= 11 is 0. The Morgan fingerprint density at radius 1 is 1.07 bits per heavy atom. The molecule has 164 valence electrons. The van der Waals surface area contributed by atoms with Crippen molar-refractivity contribution in [2.45, 2.75) is 17.9 Å². The lowest BCUT2D eigenvalue weighted by Gasteiger charge is -2.34. The SMILES string of the molecule is Br.Cn1cc2c(n1)S(=O)(=O)N(CCCCN1CCN(c3ncccn3)CC1)C(=O)N2. The van der Waals surface area contributed by atoms with Gasteiger partial charge in [-0.15, -0.1) is 17.0 Å². The molecule has 1 fully saturated rings. The van der Waals surface area contributed by atoms with E-state index in [4.69, 9.17) is 0 Å². The van der Waals surface area contributed by atoms with Gasteiger partial charge in [0.15, 0.2) is 0 Å². The Morgan fingerprint density at radius 2 is 1.73 bits per heavy atom. The van der Waals surface area contributed by atoms with E-state index in [2.05, 4.69) is 30.2 Å². The molecule has 1 saturated heterocycles. The molecule has 4 rings (SSSR count). The summed E-state index contributed by atoms with van der Waals surface area (Å²) < 4.78 is 27.6. The molecular formula is C17H25BrN8O3S. The Morgan fingerprint density at radius 3 is 2.43 bits per heavy atom. The Bertz CT molecular complexity index is 976. The molecular weight excluding hydrogens is 476 g/mol. The first-order valence-corrected chi connectivity index (χ1v) is 11.0. The van der Waals surface area contributed by atoms with Gasteiger partial charge in [0.05, 0.1) is 0 Å². The smallest absolute Gasteiger partial charge is 0.335 e. The fraction of sp³-hybridized carbons (Fsp3) is 0.529. The predicted molar refractivity (Wildman–Crippen MR) is 116 cm³/mol. The summed E-state index contributed by atoms with van der Waals surface area (Å²) in [5.41, 5.74) is 0.231. The number of hydrogen-bond acceptors (Lipinski definition) is 8. The first-order valence-electron chi connectivity index (χ1n) is 9.57. The maximum absolute atomic E-state index is 12.7. The molecule has 13 heteroatoms. The molecule has 4 heterocycles. The second kappa shape index (κ2) is 9.27. The average Bonchev–Trinajstić information content (AvgIpc) is 3.09. The van der Waals surface area contributed by atoms with E-state index < -0.39 is 16.1 Å². The van der Waals surface area contributed by atoms with Crippen LogP contribution in [0.15, 0.2) is 29.7 Å². The third kappa shape index (κ3) is 4.57. The number of halogens is 1. The van der Waals surface area contributed by atoms with Crippen LogP contribution in [-0.4, -0.2) is 82.7 Å². The fourth-order valence-corrected chi connectivity index (χ4v) is 5.03. The van der Waals surface area contributed by atoms with E-state index in [0.717, 1.165) is 49.4 Å². The number of nitrogens with one attached hydrogen (secondary N) is 1. The monoisotopic (exact) mass is 500 g/mol. The Kier molecular flexibility index (Phi) is 6.93. The second-order valence-corrected chi connectivity index (χ2v) is 8.89. The highest BCUT2D eigenvalue weighted by Crippen LogP contribution is 2.28. The lowest BCUT2D eigenvalue weighted by Crippen LogP contribution is -2.47. The minimum absolute atomic E-state index is 0. The van der Waals surface area contributed by atoms with Crippen molar-refractivity contribution in [3.05, 3.63) is 24.7 Å². The zero-order valence-electron chi connectivity index (χ0n) is 16.6. The molecule has 2 aromatic rings. The van der Waals surface area contributed by atoms with Crippen LogP contribution >= 0.6 is 17.0 Å². The summed E-state index contributed by atoms with van der Waals surface area (Å²) in [5, 5.41) is 6.47. The maximum Gasteiger partial charge on any atom is 0.335 e. The summed E-state index contributed by atoms with van der Waals surface area (Å²) in [4.78, 5) is 25.3. The average molecular weight is 501 g/mol. The topological polar surface area (TPSA) is 117 Å². The number of fused-ring (bicyclic) bond motifs is 1. The van der Waals surface area contributed by atoms with Gasteiger partial charge in [0.1, 0.15) is 5.69 Å². The van der Waals surface area contributed by atoms with E-state index in [-0.39, 0.29) is 34.2 Å². The molecule has 0 atom stereocenters. The second-order valence-electron chi connectivity index (χ2n) is 7.11. The van der Waals surface area contributed by atoms with Gasteiger partial charge in [-0.05, 0) is 25.5 Å². The van der Waals surface area contributed by atoms with Crippen LogP contribution in [0.5, 0.6) is 0 Å². The van der Waals surface area contributed by atoms with Crippen LogP contribution in [0.3, 0.4) is 0 Å². The Labute approximate surface area is 185 Å². The molecule has 2 aliphatic rings. The number of piperazine rings is 1. The number of carbonyl (C=O) groups is 1. The lowest BCUT2D eigenvalue weighted by atomic mass is 10.2. The normalized spacial score (nSPS) is 18.5. The summed E-state index contributed by atoms with van der Waals surface area (Å²) in [5.74, 6) is 0.752. The molecule has 0 spiro atoms. The Balaban J connectivity index is 0.00000256. The number of sulfonamides is 1. The summed E-state index contributed by atoms with van der Waals surface area (Å²) in [7, 11) is -2.28. The van der Waals surface area contributed by atoms with E-state index in [1.165, 1.54) is 10.9 Å². The van der Waals surface area contributed by atoms with E-state index in [1.54, 1.807) is 25.5 Å². The third-order valence-electron chi connectivity index (χ3n) is 5.09. The quantitative estimate of drug-likeness (QED) is 0.582. The van der Waals surface area contributed by atoms with E-state index in [0.29, 0.717) is 6.42 Å². The summed E-state index contributed by atoms with van der Waals surface area (Å²) in [6, 6.07) is 1.18. The van der Waals surface area contributed by atoms with Gasteiger partial charge in [-0.3, -0.25) is 9.58 Å². The van der Waals surface area contributed by atoms with Crippen LogP contribution in [0.25, 0.3) is 0 Å². The van der Waals surface area contributed by atoms with Crippen LogP contribution in [0, 0.1) is 0 Å². The highest BCUT2D eigenvalue weighted by molar-refractivity contribution is 8.93. The van der Waals surface area contributed by atoms with E-state index >= 15 is 0 Å². The van der Waals surface area contributed by atoms with Crippen molar-refractivity contribution in [2.24, 2.45) is 7.05 Å². The van der Waals surface area contributed by atoms with Gasteiger partial charge in [-0.25, -0.2) is 19.1 Å². The first kappa shape index (κ1) is 22.4. The minimum Gasteiger partial charge on any atom is -0.338 e. The maximum atomic E-state index is 12.7. The van der Waals surface area contributed by atoms with Gasteiger partial charge in [0.2, 0.25) is 11.0 Å². The summed E-state index contributed by atoms with van der Waals surface area (Å²) in [6.45, 7) is 4.51. The number of unbranched alkanes of at least 4 members (excludes halogenated alkanes) is 1. The van der Waals surface area contributed by atoms with Crippen LogP contribution in [-0.2, 0) is 17.1 Å². The van der Waals surface area contributed by atoms with Gasteiger partial charge in [-0.2, -0.15) is 13.5 Å². The van der Waals surface area contributed by atoms with Crippen molar-refractivity contribution in [1.29, 1.82) is 0 Å². The van der Waals surface area contributed by atoms with Gasteiger partial charge in [0.25, 0.3) is 10.0 Å². The van der Waals surface area contributed by atoms with E-state index in [9.17, 15) is 13.2 Å². The number of anilines is 2. The van der Waals surface area contributed by atoms with Crippen molar-refractivity contribution in [3.8, 4) is 0 Å². The van der Waals surface area contributed by atoms with Gasteiger partial charge in [0, 0.05) is 58.4 Å². The molecule has 0 radical (unpaired) electrons. The van der Waals surface area contributed by atoms with Crippen molar-refractivity contribution >= 4 is 44.7 Å². The van der Waals surface area contributed by atoms with Crippen LogP contribution in [0.1, 0.15) is 12.8 Å². The number of amides is 2. The molecule has 0 saturated carbocycles. The molecule has 1 N–H and O–H groups in total. The van der Waals surface area contributed by atoms with Crippen molar-refractivity contribution < 1.29 is 13.2 Å². The lowest BCUT2D eigenvalue weighted by molar-refractivity contribution is 0.230. The number of carbonyl (C=O) groups excluding carboxylic acids is 1. The molecule has 0 unspecified atom stereocenters. The number of urea groups is 1. The molecule has 2 aromatic heterocycles. The summed E-state index contributed by atoms with van der Waals surface area (Å²) in [6.07, 6.45) is 6.37. The minimum atomic E-state index is -3.90. The first-order chi connectivity index (χ1) is 13.9. The largest absolute Gasteiger partial charge is 0.338 e. The number of aromatic nitrogens is 4. The molecule has 11 nitrogen and oxygen atoms in total. The predicted octanol–water partition coefficient (Wildman–Crippen LogP) is 0.927. The molecule has 30 heavy (non-hydrogen) atoms. The van der Waals surface area contributed by atoms with Crippen LogP contribution in [0.2, 0.25) is 0 Å². The number of aryl methyl sites for hydroxylation is 1. The number of rotatable bonds is 6. The highest BCUT2D eigenvalue weighted by atomic mass is 79.9. The third-order valence-corrected chi connectivity index (χ3v) is 6.81. The zero-order chi connectivity index (χ0) is 20.4. The van der Waals surface area contributed by atoms with Crippen LogP contribution < -0.4 is 10.2 Å². The Hall–Kier alpha value is -2.25. The standard InChI is InChI=1S/C17H24N8O3S.BrH/c1-22-13-14-15(21-22)29(27,28)25(17(26)20-14)8-3-2-7-23-9-11-24(12-10-23)16-18-5-4-6-19-16;/h4-6,13H,2-3,7-12H2,1H3,(H,20,26);1H. The van der Waals surface area contributed by atoms with Crippen molar-refractivity contribution in [2.75, 3.05) is 49.5 Å². The van der Waals surface area contributed by atoms with Gasteiger partial charge < -0.3 is 10.2 Å². The number of nitrogens with zero attached hydrogens (tertiary/aromatic N) is 7. The van der Waals surface area contributed by atoms with Gasteiger partial charge in [-0.1, -0.05) is 0 Å². The van der Waals surface area contributed by atoms with Gasteiger partial charge >= 0.3 is 6.03 Å². The zero-order valence-corrected chi connectivity index (χ0v) is 19.2. The highest BCUT2D eigenvalue weighted by Gasteiger charge is 2.38.